The van der Waals surface area contributed by atoms with Crippen LogP contribution in [-0.4, -0.2) is 40.6 Å². The van der Waals surface area contributed by atoms with Gasteiger partial charge in [-0.2, -0.15) is 0 Å². The first-order valence-corrected chi connectivity index (χ1v) is 11.0. The lowest BCUT2D eigenvalue weighted by molar-refractivity contribution is -0.128. The molecule has 1 aliphatic rings. The van der Waals surface area contributed by atoms with E-state index in [0.29, 0.717) is 28.2 Å². The number of thiophene rings is 1. The summed E-state index contributed by atoms with van der Waals surface area (Å²) in [6.07, 6.45) is 1.40. The number of nitrogens with one attached hydrogen (secondary N) is 1. The molecule has 1 aliphatic heterocycles. The second kappa shape index (κ2) is 8.50. The Hall–Kier alpha value is -3.20. The zero-order valence-electron chi connectivity index (χ0n) is 17.7. The first-order chi connectivity index (χ1) is 14.9. The summed E-state index contributed by atoms with van der Waals surface area (Å²) < 4.78 is 7.16. The van der Waals surface area contributed by atoms with Crippen LogP contribution in [0.4, 0.5) is 5.69 Å². The second-order valence-electron chi connectivity index (χ2n) is 7.51. The van der Waals surface area contributed by atoms with Gasteiger partial charge in [0.15, 0.2) is 6.10 Å². The summed E-state index contributed by atoms with van der Waals surface area (Å²) in [6, 6.07) is 7.09. The van der Waals surface area contributed by atoms with E-state index in [2.05, 4.69) is 10.3 Å². The van der Waals surface area contributed by atoms with Gasteiger partial charge >= 0.3 is 0 Å². The number of hydrogen-bond acceptors (Lipinski definition) is 6. The smallest absolute Gasteiger partial charge is 0.262 e. The van der Waals surface area contributed by atoms with E-state index in [-0.39, 0.29) is 30.5 Å². The van der Waals surface area contributed by atoms with Crippen LogP contribution in [0.15, 0.2) is 35.4 Å². The Labute approximate surface area is 183 Å². The Morgan fingerprint density at radius 1 is 1.29 bits per heavy atom. The number of aryl methyl sites for hydroxylation is 2. The fourth-order valence-corrected chi connectivity index (χ4v) is 4.57. The largest absolute Gasteiger partial charge is 0.477 e. The lowest BCUT2D eigenvalue weighted by atomic mass is 10.1. The highest BCUT2D eigenvalue weighted by Gasteiger charge is 2.33. The fourth-order valence-electron chi connectivity index (χ4n) is 3.58. The van der Waals surface area contributed by atoms with E-state index < -0.39 is 6.10 Å². The number of ether oxygens (including phenoxy) is 1. The van der Waals surface area contributed by atoms with Crippen molar-refractivity contribution in [2.75, 3.05) is 18.0 Å². The number of rotatable bonds is 5. The van der Waals surface area contributed by atoms with Gasteiger partial charge in [0.2, 0.25) is 5.91 Å². The zero-order chi connectivity index (χ0) is 22.1. The number of nitrogens with zero attached hydrogens (tertiary/aromatic N) is 3. The van der Waals surface area contributed by atoms with Crippen molar-refractivity contribution in [1.29, 1.82) is 0 Å². The summed E-state index contributed by atoms with van der Waals surface area (Å²) in [6.45, 7) is 6.24. The number of hydrogen-bond donors (Lipinski definition) is 1. The maximum atomic E-state index is 13.2. The Bertz CT molecular complexity index is 1220. The number of benzene rings is 1. The Morgan fingerprint density at radius 3 is 2.84 bits per heavy atom. The summed E-state index contributed by atoms with van der Waals surface area (Å²) in [4.78, 5) is 46.3. The van der Waals surface area contributed by atoms with Crippen LogP contribution < -0.4 is 20.5 Å². The van der Waals surface area contributed by atoms with E-state index in [0.717, 1.165) is 16.9 Å². The number of carbonyl (C=O) groups is 2. The number of anilines is 1. The molecule has 1 aromatic carbocycles. The van der Waals surface area contributed by atoms with Crippen LogP contribution in [0.1, 0.15) is 23.8 Å². The standard InChI is InChI=1S/C22H24N4O4S/c1-4-9-23-20(28)17-10-26(15-7-5-6-8-16(15)30-17)18(27)11-25-12-24-21-19(22(25)29)13(2)14(3)31-21/h5-8,12,17H,4,9-11H2,1-3H3,(H,23,28)/t17-/m1/s1. The molecule has 0 unspecified atom stereocenters. The maximum Gasteiger partial charge on any atom is 0.262 e. The van der Waals surface area contributed by atoms with Gasteiger partial charge in [-0.25, -0.2) is 4.98 Å². The highest BCUT2D eigenvalue weighted by atomic mass is 32.1. The number of para-hydroxylation sites is 2. The van der Waals surface area contributed by atoms with Gasteiger partial charge in [-0.3, -0.25) is 19.0 Å². The molecule has 0 saturated heterocycles. The van der Waals surface area contributed by atoms with Crippen molar-refractivity contribution in [3.05, 3.63) is 51.4 Å². The van der Waals surface area contributed by atoms with Crippen LogP contribution in [0.5, 0.6) is 5.75 Å². The van der Waals surface area contributed by atoms with Gasteiger partial charge in [-0.05, 0) is 38.0 Å². The molecule has 2 amide bonds. The van der Waals surface area contributed by atoms with Crippen LogP contribution in [0.2, 0.25) is 0 Å². The van der Waals surface area contributed by atoms with Crippen molar-refractivity contribution in [3.8, 4) is 5.75 Å². The maximum absolute atomic E-state index is 13.2. The highest BCUT2D eigenvalue weighted by Crippen LogP contribution is 2.33. The normalized spacial score (nSPS) is 15.5. The molecule has 0 aliphatic carbocycles. The van der Waals surface area contributed by atoms with Gasteiger partial charge in [0, 0.05) is 11.4 Å². The Balaban J connectivity index is 1.63. The fraction of sp³-hybridized carbons (Fsp3) is 0.364. The first-order valence-electron chi connectivity index (χ1n) is 10.2. The van der Waals surface area contributed by atoms with Crippen LogP contribution in [0.3, 0.4) is 0 Å². The molecular formula is C22H24N4O4S. The predicted octanol–water partition coefficient (Wildman–Crippen LogP) is 2.40. The summed E-state index contributed by atoms with van der Waals surface area (Å²) in [7, 11) is 0. The molecule has 0 fully saturated rings. The van der Waals surface area contributed by atoms with Crippen molar-refractivity contribution in [1.82, 2.24) is 14.9 Å². The quantitative estimate of drug-likeness (QED) is 0.658. The minimum atomic E-state index is -0.815. The van der Waals surface area contributed by atoms with Crippen molar-refractivity contribution >= 4 is 39.1 Å². The predicted molar refractivity (Wildman–Crippen MR) is 120 cm³/mol. The summed E-state index contributed by atoms with van der Waals surface area (Å²) >= 11 is 1.47. The van der Waals surface area contributed by atoms with E-state index in [1.54, 1.807) is 24.3 Å². The summed E-state index contributed by atoms with van der Waals surface area (Å²) in [5.41, 5.74) is 1.24. The molecule has 0 radical (unpaired) electrons. The lowest BCUT2D eigenvalue weighted by Gasteiger charge is -2.34. The summed E-state index contributed by atoms with van der Waals surface area (Å²) in [5.74, 6) is -0.111. The molecule has 1 atom stereocenters. The minimum absolute atomic E-state index is 0.0758. The number of carbonyl (C=O) groups excluding carboxylic acids is 2. The molecule has 9 heteroatoms. The molecule has 31 heavy (non-hydrogen) atoms. The highest BCUT2D eigenvalue weighted by molar-refractivity contribution is 7.18. The number of amides is 2. The third-order valence-corrected chi connectivity index (χ3v) is 6.49. The monoisotopic (exact) mass is 440 g/mol. The molecule has 2 aromatic heterocycles. The van der Waals surface area contributed by atoms with E-state index in [4.69, 9.17) is 4.74 Å². The number of aromatic nitrogens is 2. The van der Waals surface area contributed by atoms with E-state index >= 15 is 0 Å². The molecule has 0 saturated carbocycles. The zero-order valence-corrected chi connectivity index (χ0v) is 18.5. The van der Waals surface area contributed by atoms with Gasteiger partial charge in [0.1, 0.15) is 17.1 Å². The molecular weight excluding hydrogens is 416 g/mol. The van der Waals surface area contributed by atoms with Crippen molar-refractivity contribution in [2.24, 2.45) is 0 Å². The molecule has 162 valence electrons. The Kier molecular flexibility index (Phi) is 5.77. The van der Waals surface area contributed by atoms with Gasteiger partial charge < -0.3 is 15.0 Å². The van der Waals surface area contributed by atoms with Crippen LogP contribution in [-0.2, 0) is 16.1 Å². The molecule has 3 aromatic rings. The first kappa shape index (κ1) is 21.0. The molecule has 1 N–H and O–H groups in total. The van der Waals surface area contributed by atoms with E-state index in [1.165, 1.54) is 27.1 Å². The molecule has 4 rings (SSSR count). The van der Waals surface area contributed by atoms with Gasteiger partial charge in [-0.15, -0.1) is 11.3 Å². The molecule has 8 nitrogen and oxygen atoms in total. The molecule has 0 bridgehead atoms. The van der Waals surface area contributed by atoms with Crippen LogP contribution in [0, 0.1) is 13.8 Å². The van der Waals surface area contributed by atoms with Crippen LogP contribution >= 0.6 is 11.3 Å². The average Bonchev–Trinajstić information content (AvgIpc) is 3.07. The Morgan fingerprint density at radius 2 is 2.06 bits per heavy atom. The lowest BCUT2D eigenvalue weighted by Crippen LogP contribution is -2.51. The van der Waals surface area contributed by atoms with E-state index in [9.17, 15) is 14.4 Å². The van der Waals surface area contributed by atoms with E-state index in [1.807, 2.05) is 20.8 Å². The topological polar surface area (TPSA) is 93.5 Å². The van der Waals surface area contributed by atoms with Gasteiger partial charge in [-0.1, -0.05) is 19.1 Å². The van der Waals surface area contributed by atoms with Crippen molar-refractivity contribution in [2.45, 2.75) is 39.8 Å². The van der Waals surface area contributed by atoms with Crippen molar-refractivity contribution < 1.29 is 14.3 Å². The minimum Gasteiger partial charge on any atom is -0.477 e. The third-order valence-electron chi connectivity index (χ3n) is 5.38. The second-order valence-corrected chi connectivity index (χ2v) is 8.71. The van der Waals surface area contributed by atoms with Gasteiger partial charge in [0.25, 0.3) is 11.5 Å². The van der Waals surface area contributed by atoms with Crippen LogP contribution in [0.25, 0.3) is 10.2 Å². The average molecular weight is 441 g/mol. The van der Waals surface area contributed by atoms with Crippen molar-refractivity contribution in [3.63, 3.8) is 0 Å². The SMILES string of the molecule is CCCNC(=O)[C@H]1CN(C(=O)Cn2cnc3sc(C)c(C)c3c2=O)c2ccccc2O1. The summed E-state index contributed by atoms with van der Waals surface area (Å²) in [5, 5.41) is 3.37. The third kappa shape index (κ3) is 3.93. The molecule has 0 spiro atoms. The number of fused-ring (bicyclic) bond motifs is 2. The molecule has 3 heterocycles. The van der Waals surface area contributed by atoms with Gasteiger partial charge in [0.05, 0.1) is 23.9 Å².